The van der Waals surface area contributed by atoms with Gasteiger partial charge in [-0.1, -0.05) is 24.3 Å². The summed E-state index contributed by atoms with van der Waals surface area (Å²) in [5, 5.41) is 0. The van der Waals surface area contributed by atoms with Gasteiger partial charge in [-0.2, -0.15) is 0 Å². The first-order chi connectivity index (χ1) is 11.9. The van der Waals surface area contributed by atoms with Crippen LogP contribution in [0.25, 0.3) is 33.5 Å². The van der Waals surface area contributed by atoms with Crippen molar-refractivity contribution in [2.75, 3.05) is 0 Å². The third-order valence-corrected chi connectivity index (χ3v) is 4.35. The van der Waals surface area contributed by atoms with Crippen molar-refractivity contribution >= 4 is 11.3 Å². The van der Waals surface area contributed by atoms with Gasteiger partial charge in [-0.3, -0.25) is 0 Å². The number of pyridine rings is 2. The van der Waals surface area contributed by atoms with Crippen molar-refractivity contribution in [3.63, 3.8) is 0 Å². The minimum Gasteiger partial charge on any atom is -0.307 e. The summed E-state index contributed by atoms with van der Waals surface area (Å²) in [6.45, 7) is 0. The Balaban J connectivity index is 1.53. The lowest BCUT2D eigenvalue weighted by Gasteiger charge is -2.06. The normalized spacial score (nSPS) is 11.3. The van der Waals surface area contributed by atoms with Gasteiger partial charge in [0.25, 0.3) is 0 Å². The van der Waals surface area contributed by atoms with Crippen LogP contribution in [-0.2, 0) is 0 Å². The SMILES string of the molecule is c1cn2ccc(-c3ccc(-c4ccn5ccnc5c4)cc3)cc2n1. The van der Waals surface area contributed by atoms with E-state index in [1.54, 1.807) is 0 Å². The van der Waals surface area contributed by atoms with E-state index in [9.17, 15) is 0 Å². The van der Waals surface area contributed by atoms with E-state index >= 15 is 0 Å². The molecule has 4 aromatic heterocycles. The molecule has 0 aliphatic carbocycles. The fourth-order valence-electron chi connectivity index (χ4n) is 3.03. The maximum absolute atomic E-state index is 4.35. The van der Waals surface area contributed by atoms with Crippen LogP contribution in [0, 0.1) is 0 Å². The number of benzene rings is 1. The number of hydrogen-bond donors (Lipinski definition) is 0. The maximum Gasteiger partial charge on any atom is 0.137 e. The van der Waals surface area contributed by atoms with Crippen molar-refractivity contribution in [1.29, 1.82) is 0 Å². The zero-order chi connectivity index (χ0) is 15.9. The summed E-state index contributed by atoms with van der Waals surface area (Å²) in [4.78, 5) is 8.70. The summed E-state index contributed by atoms with van der Waals surface area (Å²) in [7, 11) is 0. The second-order valence-corrected chi connectivity index (χ2v) is 5.79. The molecule has 4 nitrogen and oxygen atoms in total. The van der Waals surface area contributed by atoms with E-state index in [1.165, 1.54) is 22.3 Å². The smallest absolute Gasteiger partial charge is 0.137 e. The molecule has 0 fully saturated rings. The van der Waals surface area contributed by atoms with E-state index in [0.29, 0.717) is 0 Å². The van der Waals surface area contributed by atoms with Crippen molar-refractivity contribution < 1.29 is 0 Å². The van der Waals surface area contributed by atoms with Crippen LogP contribution in [0.15, 0.2) is 85.7 Å². The number of nitrogens with zero attached hydrogens (tertiary/aromatic N) is 4. The summed E-state index contributed by atoms with van der Waals surface area (Å²) in [6.07, 6.45) is 11.6. The first-order valence-electron chi connectivity index (χ1n) is 7.83. The first kappa shape index (κ1) is 13.1. The molecule has 0 unspecified atom stereocenters. The highest BCUT2D eigenvalue weighted by atomic mass is 15.0. The van der Waals surface area contributed by atoms with Gasteiger partial charge >= 0.3 is 0 Å². The van der Waals surface area contributed by atoms with Crippen LogP contribution in [0.1, 0.15) is 0 Å². The number of aromatic nitrogens is 4. The summed E-state index contributed by atoms with van der Waals surface area (Å²) in [5.41, 5.74) is 6.63. The summed E-state index contributed by atoms with van der Waals surface area (Å²) < 4.78 is 4.02. The zero-order valence-electron chi connectivity index (χ0n) is 12.9. The lowest BCUT2D eigenvalue weighted by molar-refractivity contribution is 1.19. The molecular weight excluding hydrogens is 296 g/mol. The van der Waals surface area contributed by atoms with Crippen molar-refractivity contribution in [2.24, 2.45) is 0 Å². The summed E-state index contributed by atoms with van der Waals surface area (Å²) in [6, 6.07) is 17.0. The van der Waals surface area contributed by atoms with Gasteiger partial charge in [0.1, 0.15) is 11.3 Å². The molecule has 0 saturated heterocycles. The molecule has 114 valence electrons. The lowest BCUT2D eigenvalue weighted by atomic mass is 10.0. The highest BCUT2D eigenvalue weighted by molar-refractivity contribution is 5.73. The molecule has 24 heavy (non-hydrogen) atoms. The number of hydrogen-bond acceptors (Lipinski definition) is 2. The van der Waals surface area contributed by atoms with Gasteiger partial charge in [0, 0.05) is 37.2 Å². The van der Waals surface area contributed by atoms with Crippen molar-refractivity contribution in [2.45, 2.75) is 0 Å². The van der Waals surface area contributed by atoms with E-state index in [4.69, 9.17) is 0 Å². The summed E-state index contributed by atoms with van der Waals surface area (Å²) in [5.74, 6) is 0. The van der Waals surface area contributed by atoms with Gasteiger partial charge in [0.05, 0.1) is 0 Å². The monoisotopic (exact) mass is 310 g/mol. The van der Waals surface area contributed by atoms with Crippen molar-refractivity contribution in [3.05, 3.63) is 85.7 Å². The lowest BCUT2D eigenvalue weighted by Crippen LogP contribution is -1.86. The highest BCUT2D eigenvalue weighted by Gasteiger charge is 2.03. The molecule has 5 rings (SSSR count). The standard InChI is InChI=1S/C20H14N4/c1-2-16(18-6-10-24-12-8-22-20(24)14-18)4-3-15(1)17-5-9-23-11-7-21-19(23)13-17/h1-14H. The number of fused-ring (bicyclic) bond motifs is 2. The minimum absolute atomic E-state index is 0.960. The second kappa shape index (κ2) is 5.06. The molecule has 0 atom stereocenters. The maximum atomic E-state index is 4.35. The Morgan fingerprint density at radius 2 is 0.958 bits per heavy atom. The van der Waals surface area contributed by atoms with Crippen LogP contribution in [0.4, 0.5) is 0 Å². The Morgan fingerprint density at radius 3 is 1.42 bits per heavy atom. The first-order valence-corrected chi connectivity index (χ1v) is 7.83. The quantitative estimate of drug-likeness (QED) is 0.487. The molecule has 0 amide bonds. The van der Waals surface area contributed by atoms with E-state index < -0.39 is 0 Å². The fourth-order valence-corrected chi connectivity index (χ4v) is 3.03. The van der Waals surface area contributed by atoms with E-state index in [1.807, 2.05) is 46.0 Å². The number of imidazole rings is 2. The molecule has 0 saturated carbocycles. The molecule has 5 aromatic rings. The van der Waals surface area contributed by atoms with Crippen LogP contribution in [0.3, 0.4) is 0 Å². The Hall–Kier alpha value is -3.40. The van der Waals surface area contributed by atoms with Gasteiger partial charge in [0.2, 0.25) is 0 Å². The van der Waals surface area contributed by atoms with Gasteiger partial charge in [-0.15, -0.1) is 0 Å². The summed E-state index contributed by atoms with van der Waals surface area (Å²) >= 11 is 0. The fraction of sp³-hybridized carbons (Fsp3) is 0. The molecule has 0 N–H and O–H groups in total. The molecule has 0 bridgehead atoms. The second-order valence-electron chi connectivity index (χ2n) is 5.79. The Bertz CT molecular complexity index is 1060. The van der Waals surface area contributed by atoms with Gasteiger partial charge in [0.15, 0.2) is 0 Å². The van der Waals surface area contributed by atoms with E-state index in [-0.39, 0.29) is 0 Å². The molecule has 0 spiro atoms. The number of rotatable bonds is 2. The van der Waals surface area contributed by atoms with Crippen molar-refractivity contribution in [3.8, 4) is 22.3 Å². The van der Waals surface area contributed by atoms with E-state index in [2.05, 4.69) is 58.5 Å². The Morgan fingerprint density at radius 1 is 0.500 bits per heavy atom. The molecule has 0 radical (unpaired) electrons. The van der Waals surface area contributed by atoms with Crippen LogP contribution in [0.5, 0.6) is 0 Å². The van der Waals surface area contributed by atoms with Gasteiger partial charge < -0.3 is 8.80 Å². The third-order valence-electron chi connectivity index (χ3n) is 4.35. The molecule has 4 heterocycles. The molecule has 0 aliphatic rings. The zero-order valence-corrected chi connectivity index (χ0v) is 12.9. The molecular formula is C20H14N4. The highest BCUT2D eigenvalue weighted by Crippen LogP contribution is 2.26. The van der Waals surface area contributed by atoms with Gasteiger partial charge in [-0.25, -0.2) is 9.97 Å². The van der Waals surface area contributed by atoms with Crippen molar-refractivity contribution in [1.82, 2.24) is 18.8 Å². The van der Waals surface area contributed by atoms with Gasteiger partial charge in [-0.05, 0) is 46.5 Å². The van der Waals surface area contributed by atoms with Crippen LogP contribution >= 0.6 is 0 Å². The van der Waals surface area contributed by atoms with Crippen LogP contribution in [0.2, 0.25) is 0 Å². The average Bonchev–Trinajstić information content (AvgIpc) is 3.29. The Kier molecular flexibility index (Phi) is 2.76. The van der Waals surface area contributed by atoms with Crippen LogP contribution in [-0.4, -0.2) is 18.8 Å². The Labute approximate surface area is 138 Å². The predicted octanol–water partition coefficient (Wildman–Crippen LogP) is 4.32. The molecule has 4 heteroatoms. The van der Waals surface area contributed by atoms with E-state index in [0.717, 1.165) is 11.3 Å². The van der Waals surface area contributed by atoms with Crippen LogP contribution < -0.4 is 0 Å². The average molecular weight is 310 g/mol. The third kappa shape index (κ3) is 2.08. The molecule has 1 aromatic carbocycles. The topological polar surface area (TPSA) is 34.6 Å². The largest absolute Gasteiger partial charge is 0.307 e. The predicted molar refractivity (Wildman–Crippen MR) is 94.8 cm³/mol. The molecule has 0 aliphatic heterocycles. The minimum atomic E-state index is 0.960.